The van der Waals surface area contributed by atoms with Crippen molar-refractivity contribution >= 4 is 51.9 Å². The lowest BCUT2D eigenvalue weighted by Gasteiger charge is -2.10. The van der Waals surface area contributed by atoms with Gasteiger partial charge in [-0.25, -0.2) is 9.78 Å². The van der Waals surface area contributed by atoms with Crippen molar-refractivity contribution in [2.45, 2.75) is 26.5 Å². The number of hydrogen-bond acceptors (Lipinski definition) is 7. The van der Waals surface area contributed by atoms with E-state index in [4.69, 9.17) is 16.3 Å². The van der Waals surface area contributed by atoms with Gasteiger partial charge in [0.25, 0.3) is 0 Å². The molecule has 3 rings (SSSR count). The van der Waals surface area contributed by atoms with Crippen molar-refractivity contribution in [1.82, 2.24) is 10.3 Å². The van der Waals surface area contributed by atoms with Gasteiger partial charge in [-0.05, 0) is 31.2 Å². The lowest BCUT2D eigenvalue weighted by Crippen LogP contribution is -2.24. The van der Waals surface area contributed by atoms with Gasteiger partial charge in [-0.3, -0.25) is 9.59 Å². The van der Waals surface area contributed by atoms with E-state index in [-0.39, 0.29) is 17.4 Å². The molecular weight excluding hydrogens is 432 g/mol. The number of thiazole rings is 1. The molecule has 29 heavy (non-hydrogen) atoms. The number of carbonyl (C=O) groups is 3. The minimum absolute atomic E-state index is 0.144. The average molecular weight is 449 g/mol. The van der Waals surface area contributed by atoms with Crippen molar-refractivity contribution in [2.75, 3.05) is 0 Å². The van der Waals surface area contributed by atoms with Gasteiger partial charge in [-0.15, -0.1) is 22.7 Å². The highest BCUT2D eigenvalue weighted by Gasteiger charge is 2.23. The second kappa shape index (κ2) is 9.30. The first-order chi connectivity index (χ1) is 13.8. The average Bonchev–Trinajstić information content (AvgIpc) is 3.36. The Hall–Kier alpha value is -2.55. The Morgan fingerprint density at radius 3 is 2.59 bits per heavy atom. The van der Waals surface area contributed by atoms with Gasteiger partial charge in [0, 0.05) is 27.8 Å². The Morgan fingerprint density at radius 2 is 1.90 bits per heavy atom. The standard InChI is InChI=1S/C20H17ClN2O4S2/c1-11(18(25)17-8-7-15(29-17)9-22-12(2)24)27-20(26)16-10-28-19(23-16)13-3-5-14(21)6-4-13/h3-8,10-11H,9H2,1-2H3,(H,22,24). The van der Waals surface area contributed by atoms with Crippen LogP contribution in [0.25, 0.3) is 10.6 Å². The van der Waals surface area contributed by atoms with Crippen molar-refractivity contribution in [3.05, 3.63) is 62.2 Å². The minimum atomic E-state index is -0.949. The molecule has 3 aromatic rings. The van der Waals surface area contributed by atoms with E-state index in [1.807, 2.05) is 12.1 Å². The maximum atomic E-state index is 12.5. The molecule has 0 aliphatic heterocycles. The third kappa shape index (κ3) is 5.50. The van der Waals surface area contributed by atoms with Crippen LogP contribution in [0, 0.1) is 0 Å². The zero-order valence-electron chi connectivity index (χ0n) is 15.6. The highest BCUT2D eigenvalue weighted by molar-refractivity contribution is 7.14. The molecule has 9 heteroatoms. The number of ketones is 1. The van der Waals surface area contributed by atoms with Gasteiger partial charge in [0.2, 0.25) is 11.7 Å². The summed E-state index contributed by atoms with van der Waals surface area (Å²) in [6.45, 7) is 3.31. The summed E-state index contributed by atoms with van der Waals surface area (Å²) in [7, 11) is 0. The number of thiophene rings is 1. The molecule has 1 unspecified atom stereocenters. The first kappa shape index (κ1) is 21.2. The second-order valence-electron chi connectivity index (χ2n) is 6.13. The fraction of sp³-hybridized carbons (Fsp3) is 0.200. The van der Waals surface area contributed by atoms with Crippen LogP contribution in [0.2, 0.25) is 5.02 Å². The van der Waals surface area contributed by atoms with E-state index < -0.39 is 12.1 Å². The Bertz CT molecular complexity index is 1040. The summed E-state index contributed by atoms with van der Waals surface area (Å²) in [5.74, 6) is -1.10. The monoisotopic (exact) mass is 448 g/mol. The van der Waals surface area contributed by atoms with E-state index >= 15 is 0 Å². The molecule has 0 fully saturated rings. The third-order valence-corrected chi connectivity index (χ3v) is 6.12. The number of ether oxygens (including phenoxy) is 1. The van der Waals surface area contributed by atoms with Crippen LogP contribution in [0.15, 0.2) is 41.8 Å². The van der Waals surface area contributed by atoms with Crippen molar-refractivity contribution in [1.29, 1.82) is 0 Å². The van der Waals surface area contributed by atoms with Crippen LogP contribution in [0.1, 0.15) is 38.9 Å². The van der Waals surface area contributed by atoms with Gasteiger partial charge >= 0.3 is 5.97 Å². The molecule has 0 aliphatic carbocycles. The van der Waals surface area contributed by atoms with Crippen LogP contribution in [0.5, 0.6) is 0 Å². The number of rotatable bonds is 7. The van der Waals surface area contributed by atoms with Gasteiger partial charge in [0.15, 0.2) is 11.8 Å². The number of esters is 1. The predicted molar refractivity (Wildman–Crippen MR) is 114 cm³/mol. The van der Waals surface area contributed by atoms with E-state index in [2.05, 4.69) is 10.3 Å². The zero-order chi connectivity index (χ0) is 21.0. The predicted octanol–water partition coefficient (Wildman–Crippen LogP) is 4.59. The number of nitrogens with one attached hydrogen (secondary N) is 1. The van der Waals surface area contributed by atoms with Crippen molar-refractivity contribution in [3.63, 3.8) is 0 Å². The maximum Gasteiger partial charge on any atom is 0.358 e. The third-order valence-electron chi connectivity index (χ3n) is 3.87. The molecule has 6 nitrogen and oxygen atoms in total. The maximum absolute atomic E-state index is 12.5. The number of benzene rings is 1. The summed E-state index contributed by atoms with van der Waals surface area (Å²) in [5, 5.41) is 5.55. The van der Waals surface area contributed by atoms with E-state index in [9.17, 15) is 14.4 Å². The van der Waals surface area contributed by atoms with Gasteiger partial charge in [-0.2, -0.15) is 0 Å². The van der Waals surface area contributed by atoms with E-state index in [0.29, 0.717) is 21.5 Å². The Kier molecular flexibility index (Phi) is 6.79. The van der Waals surface area contributed by atoms with Crippen molar-refractivity contribution in [3.8, 4) is 10.6 Å². The molecule has 0 saturated carbocycles. The Balaban J connectivity index is 1.62. The second-order valence-corrected chi connectivity index (χ2v) is 8.60. The topological polar surface area (TPSA) is 85.4 Å². The zero-order valence-corrected chi connectivity index (χ0v) is 18.0. The smallest absolute Gasteiger partial charge is 0.358 e. The van der Waals surface area contributed by atoms with Crippen LogP contribution in [0.4, 0.5) is 0 Å². The number of Topliss-reactive ketones (excluding diaryl/α,β-unsaturated/α-hetero) is 1. The number of amides is 1. The lowest BCUT2D eigenvalue weighted by molar-refractivity contribution is -0.119. The number of halogens is 1. The summed E-state index contributed by atoms with van der Waals surface area (Å²) in [4.78, 5) is 41.5. The summed E-state index contributed by atoms with van der Waals surface area (Å²) in [5.41, 5.74) is 0.991. The molecular formula is C20H17ClN2O4S2. The van der Waals surface area contributed by atoms with Crippen LogP contribution in [-0.2, 0) is 16.1 Å². The summed E-state index contributed by atoms with van der Waals surface area (Å²) >= 11 is 8.45. The fourth-order valence-corrected chi connectivity index (χ4v) is 4.27. The van der Waals surface area contributed by atoms with Crippen LogP contribution in [-0.4, -0.2) is 28.7 Å². The number of aromatic nitrogens is 1. The van der Waals surface area contributed by atoms with Crippen LogP contribution in [0.3, 0.4) is 0 Å². The van der Waals surface area contributed by atoms with E-state index in [1.165, 1.54) is 36.5 Å². The van der Waals surface area contributed by atoms with Crippen molar-refractivity contribution < 1.29 is 19.1 Å². The van der Waals surface area contributed by atoms with Gasteiger partial charge in [-0.1, -0.05) is 23.7 Å². The fourth-order valence-electron chi connectivity index (χ4n) is 2.38. The SMILES string of the molecule is CC(=O)NCc1ccc(C(=O)C(C)OC(=O)c2csc(-c3ccc(Cl)cc3)n2)s1. The van der Waals surface area contributed by atoms with Crippen LogP contribution >= 0.6 is 34.3 Å². The van der Waals surface area contributed by atoms with Gasteiger partial charge in [0.05, 0.1) is 11.4 Å². The summed E-state index contributed by atoms with van der Waals surface area (Å²) in [6.07, 6.45) is -0.949. The number of carbonyl (C=O) groups excluding carboxylic acids is 3. The Morgan fingerprint density at radius 1 is 1.17 bits per heavy atom. The largest absolute Gasteiger partial charge is 0.449 e. The summed E-state index contributed by atoms with van der Waals surface area (Å²) < 4.78 is 5.30. The van der Waals surface area contributed by atoms with Gasteiger partial charge in [0.1, 0.15) is 5.01 Å². The molecule has 1 amide bonds. The molecule has 0 bridgehead atoms. The number of hydrogen-bond donors (Lipinski definition) is 1. The molecule has 1 aromatic carbocycles. The van der Waals surface area contributed by atoms with Gasteiger partial charge < -0.3 is 10.1 Å². The molecule has 150 valence electrons. The Labute approximate surface area is 180 Å². The highest BCUT2D eigenvalue weighted by atomic mass is 35.5. The highest BCUT2D eigenvalue weighted by Crippen LogP contribution is 2.26. The normalized spacial score (nSPS) is 11.7. The molecule has 2 heterocycles. The van der Waals surface area contributed by atoms with E-state index in [0.717, 1.165) is 10.4 Å². The molecule has 1 N–H and O–H groups in total. The first-order valence-electron chi connectivity index (χ1n) is 8.63. The molecule has 0 radical (unpaired) electrons. The summed E-state index contributed by atoms with van der Waals surface area (Å²) in [6, 6.07) is 10.6. The molecule has 0 saturated heterocycles. The van der Waals surface area contributed by atoms with Crippen LogP contribution < -0.4 is 5.32 Å². The molecule has 2 aromatic heterocycles. The van der Waals surface area contributed by atoms with E-state index in [1.54, 1.807) is 29.6 Å². The minimum Gasteiger partial charge on any atom is -0.449 e. The first-order valence-corrected chi connectivity index (χ1v) is 10.7. The number of nitrogens with zero attached hydrogens (tertiary/aromatic N) is 1. The molecule has 1 atom stereocenters. The molecule has 0 aliphatic rings. The van der Waals surface area contributed by atoms with Crippen molar-refractivity contribution in [2.24, 2.45) is 0 Å². The molecule has 0 spiro atoms. The lowest BCUT2D eigenvalue weighted by atomic mass is 10.2. The quantitative estimate of drug-likeness (QED) is 0.422.